The van der Waals surface area contributed by atoms with Crippen LogP contribution in [0.1, 0.15) is 38.2 Å². The van der Waals surface area contributed by atoms with Crippen LogP contribution in [0.25, 0.3) is 0 Å². The van der Waals surface area contributed by atoms with Gasteiger partial charge in [0, 0.05) is 26.6 Å². The molecule has 1 aromatic carbocycles. The van der Waals surface area contributed by atoms with E-state index in [1.54, 1.807) is 19.1 Å². The molecule has 31 heavy (non-hydrogen) atoms. The number of likely N-dealkylation sites (tertiary alicyclic amines) is 1. The first kappa shape index (κ1) is 22.7. The molecule has 3 rings (SSSR count). The number of likely N-dealkylation sites (N-methyl/N-ethyl adjacent to an activating group) is 1. The summed E-state index contributed by atoms with van der Waals surface area (Å²) in [5.74, 6) is -2.15. The van der Waals surface area contributed by atoms with E-state index in [0.717, 1.165) is 0 Å². The Kier molecular flexibility index (Phi) is 7.20. The summed E-state index contributed by atoms with van der Waals surface area (Å²) in [4.78, 5) is 53.4. The van der Waals surface area contributed by atoms with Crippen LogP contribution in [0, 0.1) is 17.7 Å². The highest BCUT2D eigenvalue weighted by Gasteiger charge is 2.47. The van der Waals surface area contributed by atoms with Crippen LogP contribution in [-0.4, -0.2) is 53.1 Å². The quantitative estimate of drug-likeness (QED) is 0.506. The second kappa shape index (κ2) is 9.85. The van der Waals surface area contributed by atoms with Gasteiger partial charge in [-0.25, -0.2) is 4.39 Å². The Morgan fingerprint density at radius 1 is 1.13 bits per heavy atom. The average Bonchev–Trinajstić information content (AvgIpc) is 3.03. The largest absolute Gasteiger partial charge is 0.357 e. The lowest BCUT2D eigenvalue weighted by molar-refractivity contribution is -0.144. The predicted molar refractivity (Wildman–Crippen MR) is 112 cm³/mol. The molecule has 1 heterocycles. The van der Waals surface area contributed by atoms with Gasteiger partial charge in [-0.05, 0) is 37.0 Å². The van der Waals surface area contributed by atoms with Crippen LogP contribution >= 0.6 is 0 Å². The van der Waals surface area contributed by atoms with Gasteiger partial charge in [0.1, 0.15) is 11.9 Å². The minimum absolute atomic E-state index is 0.00635. The van der Waals surface area contributed by atoms with Crippen molar-refractivity contribution in [3.8, 4) is 0 Å². The number of allylic oxidation sites excluding steroid dienone is 2. The van der Waals surface area contributed by atoms with E-state index in [0.29, 0.717) is 24.8 Å². The summed E-state index contributed by atoms with van der Waals surface area (Å²) in [6, 6.07) is 5.03. The number of halogens is 1. The second-order valence-corrected chi connectivity index (χ2v) is 7.92. The Bertz CT molecular complexity index is 857. The van der Waals surface area contributed by atoms with Crippen molar-refractivity contribution in [2.45, 2.75) is 45.2 Å². The predicted octanol–water partition coefficient (Wildman–Crippen LogP) is 2.02. The molecule has 1 saturated heterocycles. The first-order valence-electron chi connectivity index (χ1n) is 10.6. The lowest BCUT2D eigenvalue weighted by Gasteiger charge is -2.30. The van der Waals surface area contributed by atoms with Gasteiger partial charge < -0.3 is 10.2 Å². The third-order valence-corrected chi connectivity index (χ3v) is 6.05. The van der Waals surface area contributed by atoms with Gasteiger partial charge in [0.25, 0.3) is 0 Å². The molecule has 1 N–H and O–H groups in total. The number of hydrogen-bond acceptors (Lipinski definition) is 4. The van der Waals surface area contributed by atoms with Crippen molar-refractivity contribution in [1.82, 2.24) is 15.1 Å². The number of fused-ring (bicyclic) bond motifs is 1. The van der Waals surface area contributed by atoms with E-state index >= 15 is 0 Å². The summed E-state index contributed by atoms with van der Waals surface area (Å²) < 4.78 is 13.3. The number of carbonyl (C=O) groups is 4. The molecule has 0 spiro atoms. The molecule has 0 saturated carbocycles. The van der Waals surface area contributed by atoms with Crippen molar-refractivity contribution < 1.29 is 23.6 Å². The monoisotopic (exact) mass is 429 g/mol. The standard InChI is InChI=1S/C23H28FN3O4/c1-3-19(21(29)25-2)27(14-15-8-10-16(24)11-9-15)20(28)12-13-26-22(30)17-6-4-5-7-18(17)23(26)31/h4-5,8-11,17-19H,3,6-7,12-14H2,1-2H3,(H,25,29)/t17-,18+,19?. The lowest BCUT2D eigenvalue weighted by atomic mass is 9.85. The fourth-order valence-electron chi connectivity index (χ4n) is 4.31. The smallest absolute Gasteiger partial charge is 0.242 e. The molecular weight excluding hydrogens is 401 g/mol. The Hall–Kier alpha value is -3.03. The van der Waals surface area contributed by atoms with Gasteiger partial charge >= 0.3 is 0 Å². The van der Waals surface area contributed by atoms with Crippen LogP contribution < -0.4 is 5.32 Å². The number of nitrogens with one attached hydrogen (secondary N) is 1. The molecule has 1 aliphatic heterocycles. The second-order valence-electron chi connectivity index (χ2n) is 7.92. The van der Waals surface area contributed by atoms with Crippen LogP contribution in [0.2, 0.25) is 0 Å². The van der Waals surface area contributed by atoms with Crippen molar-refractivity contribution in [3.63, 3.8) is 0 Å². The number of rotatable bonds is 8. The number of carbonyl (C=O) groups excluding carboxylic acids is 4. The summed E-state index contributed by atoms with van der Waals surface area (Å²) in [5, 5.41) is 2.57. The maximum Gasteiger partial charge on any atom is 0.242 e. The molecule has 7 nitrogen and oxygen atoms in total. The highest BCUT2D eigenvalue weighted by Crippen LogP contribution is 2.35. The van der Waals surface area contributed by atoms with E-state index in [4.69, 9.17) is 0 Å². The molecule has 0 radical (unpaired) electrons. The number of imide groups is 1. The summed E-state index contributed by atoms with van der Waals surface area (Å²) in [5.41, 5.74) is 0.683. The van der Waals surface area contributed by atoms with Crippen LogP contribution in [0.3, 0.4) is 0 Å². The SMILES string of the molecule is CCC(C(=O)NC)N(Cc1ccc(F)cc1)C(=O)CCN1C(=O)[C@H]2CC=CC[C@H]2C1=O. The molecule has 0 bridgehead atoms. The van der Waals surface area contributed by atoms with E-state index < -0.39 is 6.04 Å². The summed E-state index contributed by atoms with van der Waals surface area (Å²) >= 11 is 0. The van der Waals surface area contributed by atoms with Crippen molar-refractivity contribution in [2.24, 2.45) is 11.8 Å². The Morgan fingerprint density at radius 3 is 2.23 bits per heavy atom. The van der Waals surface area contributed by atoms with Gasteiger partial charge in [0.05, 0.1) is 11.8 Å². The normalized spacial score (nSPS) is 21.1. The van der Waals surface area contributed by atoms with E-state index in [9.17, 15) is 23.6 Å². The zero-order valence-corrected chi connectivity index (χ0v) is 17.8. The molecule has 0 aromatic heterocycles. The molecule has 1 unspecified atom stereocenters. The summed E-state index contributed by atoms with van der Waals surface area (Å²) in [7, 11) is 1.50. The van der Waals surface area contributed by atoms with Gasteiger partial charge in [-0.3, -0.25) is 24.1 Å². The number of benzene rings is 1. The molecule has 8 heteroatoms. The Balaban J connectivity index is 1.73. The summed E-state index contributed by atoms with van der Waals surface area (Å²) in [6.07, 6.45) is 5.25. The fraction of sp³-hybridized carbons (Fsp3) is 0.478. The molecule has 1 fully saturated rings. The van der Waals surface area contributed by atoms with Crippen molar-refractivity contribution in [1.29, 1.82) is 0 Å². The number of nitrogens with zero attached hydrogens (tertiary/aromatic N) is 2. The third kappa shape index (κ3) is 4.84. The lowest BCUT2D eigenvalue weighted by Crippen LogP contribution is -2.49. The van der Waals surface area contributed by atoms with Crippen LogP contribution in [0.15, 0.2) is 36.4 Å². The van der Waals surface area contributed by atoms with Crippen molar-refractivity contribution in [2.75, 3.05) is 13.6 Å². The van der Waals surface area contributed by atoms with Crippen LogP contribution in [-0.2, 0) is 25.7 Å². The molecule has 166 valence electrons. The van der Waals surface area contributed by atoms with Crippen molar-refractivity contribution in [3.05, 3.63) is 47.8 Å². The van der Waals surface area contributed by atoms with Gasteiger partial charge in [0.15, 0.2) is 0 Å². The van der Waals surface area contributed by atoms with Gasteiger partial charge in [0.2, 0.25) is 23.6 Å². The first-order chi connectivity index (χ1) is 14.9. The van der Waals surface area contributed by atoms with E-state index in [2.05, 4.69) is 5.32 Å². The minimum Gasteiger partial charge on any atom is -0.357 e. The first-order valence-corrected chi connectivity index (χ1v) is 10.6. The molecule has 3 atom stereocenters. The van der Waals surface area contributed by atoms with Gasteiger partial charge in [-0.1, -0.05) is 31.2 Å². The van der Waals surface area contributed by atoms with Crippen molar-refractivity contribution >= 4 is 23.6 Å². The molecule has 4 amide bonds. The zero-order chi connectivity index (χ0) is 22.5. The maximum atomic E-state index is 13.3. The molecular formula is C23H28FN3O4. The van der Waals surface area contributed by atoms with Crippen LogP contribution in [0.4, 0.5) is 4.39 Å². The highest BCUT2D eigenvalue weighted by atomic mass is 19.1. The Labute approximate surface area is 181 Å². The van der Waals surface area contributed by atoms with Crippen LogP contribution in [0.5, 0.6) is 0 Å². The molecule has 2 aliphatic rings. The maximum absolute atomic E-state index is 13.3. The average molecular weight is 429 g/mol. The van der Waals surface area contributed by atoms with E-state index in [1.165, 1.54) is 29.0 Å². The Morgan fingerprint density at radius 2 is 1.71 bits per heavy atom. The third-order valence-electron chi connectivity index (χ3n) is 6.05. The number of hydrogen-bond donors (Lipinski definition) is 1. The molecule has 1 aliphatic carbocycles. The fourth-order valence-corrected chi connectivity index (χ4v) is 4.31. The van der Waals surface area contributed by atoms with E-state index in [-0.39, 0.29) is 60.8 Å². The summed E-state index contributed by atoms with van der Waals surface area (Å²) in [6.45, 7) is 1.92. The van der Waals surface area contributed by atoms with Gasteiger partial charge in [-0.2, -0.15) is 0 Å². The number of amides is 4. The highest BCUT2D eigenvalue weighted by molar-refractivity contribution is 6.05. The molecule has 1 aromatic rings. The van der Waals surface area contributed by atoms with E-state index in [1.807, 2.05) is 12.2 Å². The topological polar surface area (TPSA) is 86.8 Å². The minimum atomic E-state index is -0.709. The zero-order valence-electron chi connectivity index (χ0n) is 17.8. The van der Waals surface area contributed by atoms with Gasteiger partial charge in [-0.15, -0.1) is 0 Å².